The van der Waals surface area contributed by atoms with Crippen molar-refractivity contribution in [3.05, 3.63) is 165 Å². The van der Waals surface area contributed by atoms with Gasteiger partial charge in [0.2, 0.25) is 0 Å². The van der Waals surface area contributed by atoms with Gasteiger partial charge >= 0.3 is 0 Å². The van der Waals surface area contributed by atoms with Gasteiger partial charge in [0.15, 0.2) is 17.8 Å². The van der Waals surface area contributed by atoms with Crippen LogP contribution in [0, 0.1) is 73.0 Å². The lowest BCUT2D eigenvalue weighted by atomic mass is 10.1. The molecule has 0 fully saturated rings. The molecule has 2 heterocycles. The van der Waals surface area contributed by atoms with Gasteiger partial charge in [-0.1, -0.05) is 18.2 Å². The molecule has 0 aliphatic rings. The molecule has 0 unspecified atom stereocenters. The maximum atomic E-state index is 10.9. The number of ether oxygens (including phenoxy) is 2. The molecule has 0 bridgehead atoms. The topological polar surface area (TPSA) is 195 Å². The van der Waals surface area contributed by atoms with Gasteiger partial charge in [-0.2, -0.15) is 21.0 Å². The standard InChI is InChI=1S/C22H18N4O.C15H12N2O2.C7H6N2/c1-15-19(14-26-20-8-6-17(11-23)7-9-20)13-25-16(2)22(15)27-21-5-3-4-18(10-21)12-24;1-10-13(9-18)8-17-11(2)15(10)19-14-5-3-4-12(6-14)7-16;8-5-6-2-1-3-7(9)4-6/h3-10,13,26H,14H2,1-2H3;3-6,8-9H,1-2H3;1-4H,9H2. The molecular formula is C44H36N8O3. The molecule has 0 saturated heterocycles. The summed E-state index contributed by atoms with van der Waals surface area (Å²) in [5.74, 6) is 2.42. The van der Waals surface area contributed by atoms with E-state index in [-0.39, 0.29) is 0 Å². The minimum Gasteiger partial charge on any atom is -0.455 e. The van der Waals surface area contributed by atoms with E-state index in [0.29, 0.717) is 68.7 Å². The number of anilines is 2. The van der Waals surface area contributed by atoms with E-state index in [4.69, 9.17) is 36.3 Å². The SMILES string of the molecule is Cc1ncc(C=O)c(C)c1Oc1cccc(C#N)c1.Cc1ncc(CNc2ccc(C#N)cc2)c(C)c1Oc1cccc(C#N)c1.N#Cc1cccc(N)c1. The lowest BCUT2D eigenvalue weighted by Crippen LogP contribution is -2.05. The Balaban J connectivity index is 0.000000207. The second-order valence-corrected chi connectivity index (χ2v) is 12.0. The largest absolute Gasteiger partial charge is 0.455 e. The zero-order valence-corrected chi connectivity index (χ0v) is 30.7. The molecule has 0 atom stereocenters. The molecule has 4 aromatic carbocycles. The maximum absolute atomic E-state index is 10.9. The Labute approximate surface area is 320 Å². The smallest absolute Gasteiger partial charge is 0.152 e. The molecule has 11 heteroatoms. The number of nitriles is 4. The average molecular weight is 725 g/mol. The summed E-state index contributed by atoms with van der Waals surface area (Å²) in [6.45, 7) is 8.09. The Kier molecular flexibility index (Phi) is 14.2. The van der Waals surface area contributed by atoms with Gasteiger partial charge in [0.05, 0.1) is 57.9 Å². The van der Waals surface area contributed by atoms with Crippen molar-refractivity contribution in [3.63, 3.8) is 0 Å². The number of nitrogen functional groups attached to an aromatic ring is 1. The highest BCUT2D eigenvalue weighted by Crippen LogP contribution is 2.31. The molecule has 0 amide bonds. The summed E-state index contributed by atoms with van der Waals surface area (Å²) in [4.78, 5) is 19.5. The number of carbonyl (C=O) groups is 1. The molecule has 0 aliphatic carbocycles. The van der Waals surface area contributed by atoms with Crippen LogP contribution in [-0.2, 0) is 6.54 Å². The number of nitrogens with zero attached hydrogens (tertiary/aromatic N) is 6. The molecule has 6 aromatic rings. The number of aldehydes is 1. The summed E-state index contributed by atoms with van der Waals surface area (Å²) < 4.78 is 11.8. The van der Waals surface area contributed by atoms with Gasteiger partial charge in [-0.05, 0) is 112 Å². The Morgan fingerprint density at radius 1 is 0.636 bits per heavy atom. The van der Waals surface area contributed by atoms with E-state index < -0.39 is 0 Å². The van der Waals surface area contributed by atoms with Gasteiger partial charge in [-0.15, -0.1) is 0 Å². The second kappa shape index (κ2) is 19.6. The lowest BCUT2D eigenvalue weighted by Gasteiger charge is -2.15. The number of hydrogen-bond acceptors (Lipinski definition) is 11. The minimum atomic E-state index is 0.497. The van der Waals surface area contributed by atoms with Crippen molar-refractivity contribution < 1.29 is 14.3 Å². The summed E-state index contributed by atoms with van der Waals surface area (Å²) in [6.07, 6.45) is 4.11. The third-order valence-electron chi connectivity index (χ3n) is 8.07. The Morgan fingerprint density at radius 2 is 1.13 bits per heavy atom. The van der Waals surface area contributed by atoms with Crippen LogP contribution in [0.3, 0.4) is 0 Å². The first-order valence-corrected chi connectivity index (χ1v) is 16.8. The van der Waals surface area contributed by atoms with E-state index in [0.717, 1.165) is 34.4 Å². The Morgan fingerprint density at radius 3 is 1.62 bits per heavy atom. The molecule has 11 nitrogen and oxygen atoms in total. The van der Waals surface area contributed by atoms with Gasteiger partial charge in [0, 0.05) is 47.0 Å². The summed E-state index contributed by atoms with van der Waals surface area (Å²) in [5, 5.41) is 38.5. The lowest BCUT2D eigenvalue weighted by molar-refractivity contribution is 0.112. The number of nitrogens with two attached hydrogens (primary N) is 1. The number of benzene rings is 4. The number of carbonyl (C=O) groups excluding carboxylic acids is 1. The Hall–Kier alpha value is -7.99. The van der Waals surface area contributed by atoms with Crippen molar-refractivity contribution in [1.82, 2.24) is 9.97 Å². The van der Waals surface area contributed by atoms with Crippen LogP contribution < -0.4 is 20.5 Å². The molecule has 55 heavy (non-hydrogen) atoms. The molecular weight excluding hydrogens is 689 g/mol. The summed E-state index contributed by atoms with van der Waals surface area (Å²) in [7, 11) is 0. The Bertz CT molecular complexity index is 2470. The van der Waals surface area contributed by atoms with Crippen LogP contribution >= 0.6 is 0 Å². The molecule has 3 N–H and O–H groups in total. The maximum Gasteiger partial charge on any atom is 0.152 e. The van der Waals surface area contributed by atoms with Crippen LogP contribution in [0.4, 0.5) is 11.4 Å². The third kappa shape index (κ3) is 11.2. The molecule has 0 aliphatic heterocycles. The van der Waals surface area contributed by atoms with Gasteiger partial charge in [-0.25, -0.2) is 0 Å². The number of hydrogen-bond donors (Lipinski definition) is 2. The monoisotopic (exact) mass is 724 g/mol. The predicted molar refractivity (Wildman–Crippen MR) is 209 cm³/mol. The van der Waals surface area contributed by atoms with Crippen LogP contribution in [0.2, 0.25) is 0 Å². The van der Waals surface area contributed by atoms with Crippen molar-refractivity contribution in [2.45, 2.75) is 34.2 Å². The van der Waals surface area contributed by atoms with Crippen molar-refractivity contribution in [3.8, 4) is 47.3 Å². The highest BCUT2D eigenvalue weighted by Gasteiger charge is 2.13. The first kappa shape index (κ1) is 39.8. The van der Waals surface area contributed by atoms with E-state index in [9.17, 15) is 4.79 Å². The van der Waals surface area contributed by atoms with Gasteiger partial charge in [-0.3, -0.25) is 14.8 Å². The number of nitrogens with one attached hydrogen (secondary N) is 1. The molecule has 0 saturated carbocycles. The van der Waals surface area contributed by atoms with Crippen molar-refractivity contribution in [2.75, 3.05) is 11.1 Å². The zero-order chi connectivity index (χ0) is 39.7. The molecule has 6 rings (SSSR count). The fourth-order valence-electron chi connectivity index (χ4n) is 5.03. The van der Waals surface area contributed by atoms with E-state index >= 15 is 0 Å². The van der Waals surface area contributed by atoms with Crippen LogP contribution in [0.15, 0.2) is 109 Å². The van der Waals surface area contributed by atoms with Crippen molar-refractivity contribution in [2.24, 2.45) is 0 Å². The fraction of sp³-hybridized carbons (Fsp3) is 0.114. The van der Waals surface area contributed by atoms with Crippen molar-refractivity contribution >= 4 is 17.7 Å². The van der Waals surface area contributed by atoms with Crippen LogP contribution in [0.25, 0.3) is 0 Å². The van der Waals surface area contributed by atoms with Crippen LogP contribution in [-0.4, -0.2) is 16.3 Å². The van der Waals surface area contributed by atoms with Gasteiger partial charge in [0.1, 0.15) is 11.5 Å². The third-order valence-corrected chi connectivity index (χ3v) is 8.07. The number of rotatable bonds is 8. The summed E-state index contributed by atoms with van der Waals surface area (Å²) >= 11 is 0. The summed E-state index contributed by atoms with van der Waals surface area (Å²) in [6, 6.07) is 36.3. The highest BCUT2D eigenvalue weighted by molar-refractivity contribution is 5.78. The molecule has 270 valence electrons. The zero-order valence-electron chi connectivity index (χ0n) is 30.7. The first-order chi connectivity index (χ1) is 26.6. The fourth-order valence-corrected chi connectivity index (χ4v) is 5.03. The molecule has 0 radical (unpaired) electrons. The first-order valence-electron chi connectivity index (χ1n) is 16.8. The number of aromatic nitrogens is 2. The average Bonchev–Trinajstić information content (AvgIpc) is 3.21. The van der Waals surface area contributed by atoms with Crippen LogP contribution in [0.1, 0.15) is 60.7 Å². The number of pyridine rings is 2. The van der Waals surface area contributed by atoms with E-state index in [1.807, 2.05) is 58.2 Å². The second-order valence-electron chi connectivity index (χ2n) is 12.0. The van der Waals surface area contributed by atoms with Crippen molar-refractivity contribution in [1.29, 1.82) is 21.0 Å². The van der Waals surface area contributed by atoms with E-state index in [2.05, 4.69) is 33.5 Å². The van der Waals surface area contributed by atoms with Gasteiger partial charge < -0.3 is 20.5 Å². The van der Waals surface area contributed by atoms with Crippen LogP contribution in [0.5, 0.6) is 23.0 Å². The summed E-state index contributed by atoms with van der Waals surface area (Å²) in [5.41, 5.74) is 14.0. The quantitative estimate of drug-likeness (QED) is 0.112. The number of aryl methyl sites for hydroxylation is 2. The molecule has 0 spiro atoms. The van der Waals surface area contributed by atoms with E-state index in [1.165, 1.54) is 6.20 Å². The highest BCUT2D eigenvalue weighted by atomic mass is 16.5. The normalized spacial score (nSPS) is 9.60. The van der Waals surface area contributed by atoms with Gasteiger partial charge in [0.25, 0.3) is 0 Å². The predicted octanol–water partition coefficient (Wildman–Crippen LogP) is 9.16. The molecule has 2 aromatic heterocycles. The minimum absolute atomic E-state index is 0.497. The van der Waals surface area contributed by atoms with E-state index in [1.54, 1.807) is 78.9 Å².